The second-order valence-corrected chi connectivity index (χ2v) is 4.86. The fourth-order valence-electron chi connectivity index (χ4n) is 1.92. The zero-order valence-electron chi connectivity index (χ0n) is 12.0. The third kappa shape index (κ3) is 3.55. The monoisotopic (exact) mass is 310 g/mol. The maximum absolute atomic E-state index is 12.9. The predicted octanol–water partition coefficient (Wildman–Crippen LogP) is 4.06. The Morgan fingerprint density at radius 1 is 1.19 bits per heavy atom. The summed E-state index contributed by atoms with van der Waals surface area (Å²) >= 11 is 6.12. The Bertz CT molecular complexity index is 620. The van der Waals surface area contributed by atoms with Crippen LogP contribution in [-0.4, -0.2) is 19.2 Å². The lowest BCUT2D eigenvalue weighted by Gasteiger charge is -2.18. The van der Waals surface area contributed by atoms with Crippen molar-refractivity contribution in [1.82, 2.24) is 4.98 Å². The van der Waals surface area contributed by atoms with Gasteiger partial charge >= 0.3 is 0 Å². The van der Waals surface area contributed by atoms with Crippen LogP contribution in [0.1, 0.15) is 18.7 Å². The van der Waals surface area contributed by atoms with E-state index in [-0.39, 0.29) is 11.9 Å². The first-order valence-corrected chi connectivity index (χ1v) is 6.72. The number of hydrogen-bond donors (Lipinski definition) is 1. The average Bonchev–Trinajstić information content (AvgIpc) is 2.48. The second kappa shape index (κ2) is 6.63. The molecule has 0 saturated heterocycles. The van der Waals surface area contributed by atoms with Crippen LogP contribution >= 0.6 is 11.6 Å². The van der Waals surface area contributed by atoms with Crippen molar-refractivity contribution in [3.8, 4) is 11.5 Å². The highest BCUT2D eigenvalue weighted by Crippen LogP contribution is 2.37. The Hall–Kier alpha value is -2.01. The molecule has 0 aliphatic heterocycles. The zero-order valence-corrected chi connectivity index (χ0v) is 12.7. The van der Waals surface area contributed by atoms with Gasteiger partial charge in [0.05, 0.1) is 42.9 Å². The smallest absolute Gasteiger partial charge is 0.145 e. The maximum atomic E-state index is 12.9. The highest BCUT2D eigenvalue weighted by molar-refractivity contribution is 6.32. The number of pyridine rings is 1. The lowest BCUT2D eigenvalue weighted by molar-refractivity contribution is 0.395. The van der Waals surface area contributed by atoms with E-state index in [9.17, 15) is 4.39 Å². The summed E-state index contributed by atoms with van der Waals surface area (Å²) in [6.45, 7) is 1.91. The van der Waals surface area contributed by atoms with Crippen molar-refractivity contribution in [2.45, 2.75) is 13.0 Å². The first-order valence-electron chi connectivity index (χ1n) is 6.34. The fraction of sp³-hybridized carbons (Fsp3) is 0.267. The first-order chi connectivity index (χ1) is 10.0. The number of hydrogen-bond acceptors (Lipinski definition) is 4. The van der Waals surface area contributed by atoms with Gasteiger partial charge in [-0.05, 0) is 25.1 Å². The molecule has 2 aromatic rings. The van der Waals surface area contributed by atoms with Gasteiger partial charge in [0.2, 0.25) is 0 Å². The van der Waals surface area contributed by atoms with Gasteiger partial charge in [-0.1, -0.05) is 11.6 Å². The zero-order chi connectivity index (χ0) is 15.4. The van der Waals surface area contributed by atoms with Gasteiger partial charge in [0, 0.05) is 6.07 Å². The van der Waals surface area contributed by atoms with E-state index < -0.39 is 0 Å². The molecule has 0 aliphatic rings. The normalized spacial score (nSPS) is 11.9. The third-order valence-corrected chi connectivity index (χ3v) is 3.34. The van der Waals surface area contributed by atoms with E-state index in [1.165, 1.54) is 12.3 Å². The number of aromatic nitrogens is 1. The van der Waals surface area contributed by atoms with Crippen LogP contribution in [0.5, 0.6) is 11.5 Å². The molecular weight excluding hydrogens is 295 g/mol. The first kappa shape index (κ1) is 15.4. The highest BCUT2D eigenvalue weighted by atomic mass is 35.5. The minimum absolute atomic E-state index is 0.135. The molecule has 21 heavy (non-hydrogen) atoms. The SMILES string of the molecule is COc1cc(OC)c(NC(C)c2ccc(F)cn2)cc1Cl. The molecule has 6 heteroatoms. The summed E-state index contributed by atoms with van der Waals surface area (Å²) in [5.41, 5.74) is 1.42. The Morgan fingerprint density at radius 3 is 2.48 bits per heavy atom. The number of benzene rings is 1. The topological polar surface area (TPSA) is 43.4 Å². The molecule has 0 saturated carbocycles. The molecule has 0 amide bonds. The number of rotatable bonds is 5. The molecular formula is C15H16ClFN2O2. The molecule has 0 radical (unpaired) electrons. The Labute approximate surface area is 127 Å². The lowest BCUT2D eigenvalue weighted by Crippen LogP contribution is -2.09. The van der Waals surface area contributed by atoms with Crippen LogP contribution in [0.15, 0.2) is 30.5 Å². The summed E-state index contributed by atoms with van der Waals surface area (Å²) in [5, 5.41) is 3.71. The number of nitrogens with zero attached hydrogens (tertiary/aromatic N) is 1. The Kier molecular flexibility index (Phi) is 4.85. The van der Waals surface area contributed by atoms with E-state index in [0.717, 1.165) is 0 Å². The summed E-state index contributed by atoms with van der Waals surface area (Å²) in [6.07, 6.45) is 1.19. The molecule has 1 heterocycles. The molecule has 2 rings (SSSR count). The van der Waals surface area contributed by atoms with Gasteiger partial charge in [-0.3, -0.25) is 4.98 Å². The van der Waals surface area contributed by atoms with Crippen LogP contribution in [0.4, 0.5) is 10.1 Å². The number of methoxy groups -OCH3 is 2. The van der Waals surface area contributed by atoms with Crippen LogP contribution < -0.4 is 14.8 Å². The van der Waals surface area contributed by atoms with Crippen molar-refractivity contribution in [2.75, 3.05) is 19.5 Å². The minimum atomic E-state index is -0.365. The fourth-order valence-corrected chi connectivity index (χ4v) is 2.16. The van der Waals surface area contributed by atoms with Gasteiger partial charge in [0.15, 0.2) is 0 Å². The lowest BCUT2D eigenvalue weighted by atomic mass is 10.2. The van der Waals surface area contributed by atoms with Crippen molar-refractivity contribution >= 4 is 17.3 Å². The van der Waals surface area contributed by atoms with Gasteiger partial charge in [-0.25, -0.2) is 4.39 Å². The van der Waals surface area contributed by atoms with Gasteiger partial charge < -0.3 is 14.8 Å². The number of nitrogens with one attached hydrogen (secondary N) is 1. The van der Waals surface area contributed by atoms with E-state index in [1.54, 1.807) is 32.4 Å². The van der Waals surface area contributed by atoms with Crippen LogP contribution in [0.25, 0.3) is 0 Å². The van der Waals surface area contributed by atoms with Crippen LogP contribution in [-0.2, 0) is 0 Å². The van der Waals surface area contributed by atoms with Gasteiger partial charge in [0.25, 0.3) is 0 Å². The highest BCUT2D eigenvalue weighted by Gasteiger charge is 2.13. The molecule has 1 unspecified atom stereocenters. The molecule has 0 aliphatic carbocycles. The number of ether oxygens (including phenoxy) is 2. The molecule has 0 fully saturated rings. The van der Waals surface area contributed by atoms with Crippen LogP contribution in [0.3, 0.4) is 0 Å². The largest absolute Gasteiger partial charge is 0.495 e. The molecule has 0 bridgehead atoms. The van der Waals surface area contributed by atoms with Gasteiger partial charge in [-0.2, -0.15) is 0 Å². The predicted molar refractivity (Wildman–Crippen MR) is 80.8 cm³/mol. The van der Waals surface area contributed by atoms with Crippen molar-refractivity contribution in [1.29, 1.82) is 0 Å². The number of anilines is 1. The summed E-state index contributed by atoms with van der Waals surface area (Å²) in [7, 11) is 3.10. The third-order valence-electron chi connectivity index (χ3n) is 3.04. The molecule has 112 valence electrons. The number of halogens is 2. The molecule has 4 nitrogen and oxygen atoms in total. The van der Waals surface area contributed by atoms with E-state index in [4.69, 9.17) is 21.1 Å². The summed E-state index contributed by atoms with van der Waals surface area (Å²) < 4.78 is 23.4. The maximum Gasteiger partial charge on any atom is 0.145 e. The Balaban J connectivity index is 2.26. The quantitative estimate of drug-likeness (QED) is 0.904. The molecule has 1 N–H and O–H groups in total. The van der Waals surface area contributed by atoms with E-state index in [2.05, 4.69) is 10.3 Å². The Morgan fingerprint density at radius 2 is 1.90 bits per heavy atom. The molecule has 1 atom stereocenters. The average molecular weight is 311 g/mol. The van der Waals surface area contributed by atoms with Crippen molar-refractivity contribution in [3.05, 3.63) is 47.0 Å². The van der Waals surface area contributed by atoms with E-state index >= 15 is 0 Å². The van der Waals surface area contributed by atoms with Crippen molar-refractivity contribution in [2.24, 2.45) is 0 Å². The molecule has 0 spiro atoms. The summed E-state index contributed by atoms with van der Waals surface area (Å²) in [5.74, 6) is 0.771. The van der Waals surface area contributed by atoms with Crippen molar-refractivity contribution < 1.29 is 13.9 Å². The van der Waals surface area contributed by atoms with E-state index in [0.29, 0.717) is 27.9 Å². The molecule has 1 aromatic carbocycles. The van der Waals surface area contributed by atoms with Crippen molar-refractivity contribution in [3.63, 3.8) is 0 Å². The standard InChI is InChI=1S/C15H16ClFN2O2/c1-9(12-5-4-10(17)8-18-12)19-13-6-11(16)14(20-2)7-15(13)21-3/h4-9,19H,1-3H3. The van der Waals surface area contributed by atoms with Crippen LogP contribution in [0, 0.1) is 5.82 Å². The summed E-state index contributed by atoms with van der Waals surface area (Å²) in [6, 6.07) is 6.29. The second-order valence-electron chi connectivity index (χ2n) is 4.45. The van der Waals surface area contributed by atoms with Gasteiger partial charge in [0.1, 0.15) is 17.3 Å². The minimum Gasteiger partial charge on any atom is -0.495 e. The van der Waals surface area contributed by atoms with E-state index in [1.807, 2.05) is 6.92 Å². The van der Waals surface area contributed by atoms with Gasteiger partial charge in [-0.15, -0.1) is 0 Å². The summed E-state index contributed by atoms with van der Waals surface area (Å²) in [4.78, 5) is 4.05. The molecule has 1 aromatic heterocycles. The van der Waals surface area contributed by atoms with Crippen LogP contribution in [0.2, 0.25) is 5.02 Å².